The lowest BCUT2D eigenvalue weighted by Crippen LogP contribution is -2.28. The van der Waals surface area contributed by atoms with E-state index >= 15 is 0 Å². The molecule has 0 radical (unpaired) electrons. The van der Waals surface area contributed by atoms with Crippen molar-refractivity contribution in [2.75, 3.05) is 6.54 Å². The fourth-order valence-electron chi connectivity index (χ4n) is 3.30. The normalized spacial score (nSPS) is 11.2. The van der Waals surface area contributed by atoms with Crippen LogP contribution in [0.25, 0.3) is 21.9 Å². The van der Waals surface area contributed by atoms with Gasteiger partial charge in [0.05, 0.1) is 0 Å². The van der Waals surface area contributed by atoms with Crippen LogP contribution in [0.3, 0.4) is 0 Å². The zero-order valence-corrected chi connectivity index (χ0v) is 16.1. The summed E-state index contributed by atoms with van der Waals surface area (Å²) in [5.41, 5.74) is 2.97. The number of rotatable bonds is 7. The van der Waals surface area contributed by atoms with Gasteiger partial charge < -0.3 is 24.1 Å². The molecule has 1 N–H and O–H groups in total. The Morgan fingerprint density at radius 2 is 1.68 bits per heavy atom. The van der Waals surface area contributed by atoms with E-state index in [-0.39, 0.29) is 31.7 Å². The van der Waals surface area contributed by atoms with E-state index in [0.29, 0.717) is 23.2 Å². The fourth-order valence-corrected chi connectivity index (χ4v) is 3.30. The minimum absolute atomic E-state index is 0.102. The highest BCUT2D eigenvalue weighted by atomic mass is 16.4. The first-order valence-corrected chi connectivity index (χ1v) is 9.20. The molecule has 3 rings (SSSR count). The van der Waals surface area contributed by atoms with Gasteiger partial charge in [0.2, 0.25) is 5.91 Å². The van der Waals surface area contributed by atoms with E-state index in [1.807, 2.05) is 26.8 Å². The third-order valence-corrected chi connectivity index (χ3v) is 5.06. The number of hydrogen-bond acceptors (Lipinski definition) is 6. The second-order valence-corrected chi connectivity index (χ2v) is 6.95. The van der Waals surface area contributed by atoms with Gasteiger partial charge in [-0.05, 0) is 57.2 Å². The predicted molar refractivity (Wildman–Crippen MR) is 102 cm³/mol. The van der Waals surface area contributed by atoms with Crippen LogP contribution in [0.5, 0.6) is 0 Å². The number of nitrogens with one attached hydrogen (secondary N) is 1. The zero-order chi connectivity index (χ0) is 20.4. The first-order chi connectivity index (χ1) is 13.3. The molecule has 0 aliphatic heterocycles. The van der Waals surface area contributed by atoms with E-state index in [2.05, 4.69) is 5.32 Å². The molecule has 3 aromatic rings. The van der Waals surface area contributed by atoms with Crippen molar-refractivity contribution in [3.05, 3.63) is 45.0 Å². The standard InChI is InChI=1S/C21H23NO6/c1-11-13(3)27-17-10-18-16(9-15(11)17)12(2)14(21(26)28-18)6-7-19(23)22-8-4-5-20(24)25/h9-10H,4-8H2,1-3H3,(H,22,23)(H,24,25)/p-1. The summed E-state index contributed by atoms with van der Waals surface area (Å²) in [6, 6.07) is 3.69. The Morgan fingerprint density at radius 1 is 1.00 bits per heavy atom. The van der Waals surface area contributed by atoms with Crippen LogP contribution in [0.15, 0.2) is 25.8 Å². The van der Waals surface area contributed by atoms with E-state index in [0.717, 1.165) is 27.7 Å². The molecule has 0 spiro atoms. The SMILES string of the molecule is Cc1oc2cc3oc(=O)c(CCC(=O)NCCCC(=O)[O-])c(C)c3cc2c1C. The molecule has 2 heterocycles. The Morgan fingerprint density at radius 3 is 2.39 bits per heavy atom. The summed E-state index contributed by atoms with van der Waals surface area (Å²) in [4.78, 5) is 34.7. The Bertz CT molecular complexity index is 1120. The van der Waals surface area contributed by atoms with Crippen molar-refractivity contribution in [1.29, 1.82) is 0 Å². The van der Waals surface area contributed by atoms with Crippen molar-refractivity contribution in [3.8, 4) is 0 Å². The van der Waals surface area contributed by atoms with E-state index in [1.165, 1.54) is 0 Å². The maximum atomic E-state index is 12.4. The van der Waals surface area contributed by atoms with E-state index < -0.39 is 11.6 Å². The second-order valence-electron chi connectivity index (χ2n) is 6.95. The van der Waals surface area contributed by atoms with Gasteiger partial charge in [-0.2, -0.15) is 0 Å². The molecule has 0 saturated heterocycles. The van der Waals surface area contributed by atoms with Gasteiger partial charge in [-0.3, -0.25) is 4.79 Å². The smallest absolute Gasteiger partial charge is 0.339 e. The summed E-state index contributed by atoms with van der Waals surface area (Å²) in [5.74, 6) is -0.564. The number of fused-ring (bicyclic) bond motifs is 2. The van der Waals surface area contributed by atoms with E-state index in [1.54, 1.807) is 6.07 Å². The molecular weight excluding hydrogens is 362 g/mol. The lowest BCUT2D eigenvalue weighted by Gasteiger charge is -2.09. The lowest BCUT2D eigenvalue weighted by atomic mass is 10.0. The van der Waals surface area contributed by atoms with Crippen LogP contribution in [0.2, 0.25) is 0 Å². The number of hydrogen-bond donors (Lipinski definition) is 1. The highest BCUT2D eigenvalue weighted by molar-refractivity contribution is 5.96. The maximum Gasteiger partial charge on any atom is 0.339 e. The third-order valence-electron chi connectivity index (χ3n) is 5.06. The molecule has 0 aliphatic carbocycles. The molecule has 7 nitrogen and oxygen atoms in total. The first-order valence-electron chi connectivity index (χ1n) is 9.20. The number of amides is 1. The van der Waals surface area contributed by atoms with Gasteiger partial charge in [-0.1, -0.05) is 0 Å². The number of furan rings is 1. The van der Waals surface area contributed by atoms with Crippen molar-refractivity contribution in [2.24, 2.45) is 0 Å². The molecule has 2 aromatic heterocycles. The van der Waals surface area contributed by atoms with Crippen molar-refractivity contribution >= 4 is 33.8 Å². The number of aliphatic carboxylic acids is 1. The molecule has 148 valence electrons. The van der Waals surface area contributed by atoms with E-state index in [9.17, 15) is 19.5 Å². The molecule has 1 aromatic carbocycles. The number of carboxylic acids is 1. The molecule has 0 bridgehead atoms. The van der Waals surface area contributed by atoms with Crippen molar-refractivity contribution in [2.45, 2.75) is 46.5 Å². The summed E-state index contributed by atoms with van der Waals surface area (Å²) in [6.07, 6.45) is 0.575. The van der Waals surface area contributed by atoms with Gasteiger partial charge in [0.15, 0.2) is 0 Å². The molecule has 0 aliphatic rings. The number of carbonyl (C=O) groups is 2. The molecule has 0 saturated carbocycles. The number of carbonyl (C=O) groups excluding carboxylic acids is 2. The van der Waals surface area contributed by atoms with Crippen molar-refractivity contribution < 1.29 is 23.5 Å². The quantitative estimate of drug-likeness (QED) is 0.493. The van der Waals surface area contributed by atoms with Crippen molar-refractivity contribution in [1.82, 2.24) is 5.32 Å². The van der Waals surface area contributed by atoms with Crippen LogP contribution in [0.1, 0.15) is 41.7 Å². The van der Waals surface area contributed by atoms with Crippen LogP contribution >= 0.6 is 0 Å². The monoisotopic (exact) mass is 384 g/mol. The molecule has 1 amide bonds. The number of benzene rings is 1. The van der Waals surface area contributed by atoms with Gasteiger partial charge in [0.25, 0.3) is 0 Å². The summed E-state index contributed by atoms with van der Waals surface area (Å²) in [7, 11) is 0. The number of carboxylic acid groups (broad SMARTS) is 1. The van der Waals surface area contributed by atoms with Crippen LogP contribution < -0.4 is 16.0 Å². The topological polar surface area (TPSA) is 113 Å². The van der Waals surface area contributed by atoms with Crippen molar-refractivity contribution in [3.63, 3.8) is 0 Å². The summed E-state index contributed by atoms with van der Waals surface area (Å²) >= 11 is 0. The predicted octanol–water partition coefficient (Wildman–Crippen LogP) is 2.04. The van der Waals surface area contributed by atoms with Gasteiger partial charge in [0.1, 0.15) is 16.9 Å². The molecule has 7 heteroatoms. The first kappa shape index (κ1) is 19.7. The van der Waals surface area contributed by atoms with Gasteiger partial charge in [0, 0.05) is 41.3 Å². The molecule has 0 atom stereocenters. The van der Waals surface area contributed by atoms with Gasteiger partial charge in [-0.25, -0.2) is 4.79 Å². The Labute approximate surface area is 161 Å². The molecule has 28 heavy (non-hydrogen) atoms. The van der Waals surface area contributed by atoms with Crippen LogP contribution in [0.4, 0.5) is 0 Å². The summed E-state index contributed by atoms with van der Waals surface area (Å²) in [6.45, 7) is 5.98. The molecule has 0 unspecified atom stereocenters. The van der Waals surface area contributed by atoms with E-state index in [4.69, 9.17) is 8.83 Å². The third kappa shape index (κ3) is 3.93. The van der Waals surface area contributed by atoms with Gasteiger partial charge in [-0.15, -0.1) is 0 Å². The highest BCUT2D eigenvalue weighted by Gasteiger charge is 2.16. The minimum atomic E-state index is -1.14. The average Bonchev–Trinajstić information content (AvgIpc) is 2.90. The van der Waals surface area contributed by atoms with Gasteiger partial charge >= 0.3 is 5.63 Å². The lowest BCUT2D eigenvalue weighted by molar-refractivity contribution is -0.305. The Kier molecular flexibility index (Phi) is 5.53. The Balaban J connectivity index is 1.80. The molecule has 0 fully saturated rings. The van der Waals surface area contributed by atoms with Crippen LogP contribution in [-0.2, 0) is 16.0 Å². The highest BCUT2D eigenvalue weighted by Crippen LogP contribution is 2.31. The second kappa shape index (κ2) is 7.88. The average molecular weight is 384 g/mol. The zero-order valence-electron chi connectivity index (χ0n) is 16.1. The van der Waals surface area contributed by atoms with Crippen LogP contribution in [0, 0.1) is 20.8 Å². The maximum absolute atomic E-state index is 12.4. The summed E-state index contributed by atoms with van der Waals surface area (Å²) < 4.78 is 11.2. The largest absolute Gasteiger partial charge is 0.550 e. The fraction of sp³-hybridized carbons (Fsp3) is 0.381. The minimum Gasteiger partial charge on any atom is -0.550 e. The molecular formula is C21H22NO6-. The summed E-state index contributed by atoms with van der Waals surface area (Å²) in [5, 5.41) is 14.8. The Hall–Kier alpha value is -3.09. The van der Waals surface area contributed by atoms with Crippen LogP contribution in [-0.4, -0.2) is 18.4 Å². The number of aryl methyl sites for hydroxylation is 3.